The van der Waals surface area contributed by atoms with Crippen LogP contribution in [0.1, 0.15) is 11.1 Å². The van der Waals surface area contributed by atoms with Crippen molar-refractivity contribution in [3.8, 4) is 17.3 Å². The van der Waals surface area contributed by atoms with Crippen LogP contribution in [0.5, 0.6) is 5.75 Å². The molecule has 0 fully saturated rings. The van der Waals surface area contributed by atoms with Crippen molar-refractivity contribution in [2.45, 2.75) is 19.9 Å². The van der Waals surface area contributed by atoms with E-state index >= 15 is 0 Å². The van der Waals surface area contributed by atoms with Crippen molar-refractivity contribution >= 4 is 11.0 Å². The number of imidazole rings is 1. The van der Waals surface area contributed by atoms with Crippen LogP contribution in [-0.4, -0.2) is 19.6 Å². The molecule has 0 aliphatic rings. The second-order valence-corrected chi connectivity index (χ2v) is 6.31. The number of nitrogens with zero attached hydrogens (tertiary/aromatic N) is 3. The SMILES string of the molecule is Cc1cc(-c2nc3ccccc3n2CCc2ccc(F)cc2)ncc1O. The van der Waals surface area contributed by atoms with Gasteiger partial charge in [-0.1, -0.05) is 24.3 Å². The third kappa shape index (κ3) is 3.04. The lowest BCUT2D eigenvalue weighted by atomic mass is 10.1. The van der Waals surface area contributed by atoms with Gasteiger partial charge in [-0.25, -0.2) is 14.4 Å². The Morgan fingerprint density at radius 2 is 1.85 bits per heavy atom. The lowest BCUT2D eigenvalue weighted by Gasteiger charge is -2.10. The van der Waals surface area contributed by atoms with Gasteiger partial charge in [-0.15, -0.1) is 0 Å². The van der Waals surface area contributed by atoms with Crippen molar-refractivity contribution in [1.82, 2.24) is 14.5 Å². The van der Waals surface area contributed by atoms with E-state index in [1.807, 2.05) is 37.3 Å². The Morgan fingerprint density at radius 3 is 2.62 bits per heavy atom. The van der Waals surface area contributed by atoms with Crippen molar-refractivity contribution in [2.24, 2.45) is 0 Å². The molecular formula is C21H18FN3O. The molecule has 0 amide bonds. The molecular weight excluding hydrogens is 329 g/mol. The molecule has 0 saturated carbocycles. The number of hydrogen-bond donors (Lipinski definition) is 1. The van der Waals surface area contributed by atoms with E-state index in [1.165, 1.54) is 18.3 Å². The summed E-state index contributed by atoms with van der Waals surface area (Å²) in [6.07, 6.45) is 2.21. The van der Waals surface area contributed by atoms with E-state index in [4.69, 9.17) is 4.98 Å². The molecule has 1 N–H and O–H groups in total. The molecule has 0 saturated heterocycles. The molecule has 4 rings (SSSR count). The van der Waals surface area contributed by atoms with Crippen LogP contribution < -0.4 is 0 Å². The van der Waals surface area contributed by atoms with E-state index in [1.54, 1.807) is 12.1 Å². The Kier molecular flexibility index (Phi) is 4.13. The van der Waals surface area contributed by atoms with Gasteiger partial charge in [0.15, 0.2) is 5.82 Å². The van der Waals surface area contributed by atoms with Crippen LogP contribution in [0.4, 0.5) is 4.39 Å². The molecule has 0 aliphatic heterocycles. The van der Waals surface area contributed by atoms with Gasteiger partial charge in [0.05, 0.1) is 17.2 Å². The van der Waals surface area contributed by atoms with Gasteiger partial charge in [0.1, 0.15) is 17.3 Å². The smallest absolute Gasteiger partial charge is 0.159 e. The van der Waals surface area contributed by atoms with Crippen LogP contribution in [0.15, 0.2) is 60.8 Å². The quantitative estimate of drug-likeness (QED) is 0.591. The van der Waals surface area contributed by atoms with E-state index in [0.717, 1.165) is 40.1 Å². The zero-order valence-electron chi connectivity index (χ0n) is 14.4. The fraction of sp³-hybridized carbons (Fsp3) is 0.143. The molecule has 0 unspecified atom stereocenters. The lowest BCUT2D eigenvalue weighted by Crippen LogP contribution is -2.04. The van der Waals surface area contributed by atoms with Crippen molar-refractivity contribution in [2.75, 3.05) is 0 Å². The number of rotatable bonds is 4. The molecule has 0 spiro atoms. The Balaban J connectivity index is 1.76. The van der Waals surface area contributed by atoms with E-state index in [0.29, 0.717) is 6.54 Å². The molecule has 2 aromatic heterocycles. The normalized spacial score (nSPS) is 11.2. The summed E-state index contributed by atoms with van der Waals surface area (Å²) in [5.41, 5.74) is 4.46. The fourth-order valence-corrected chi connectivity index (χ4v) is 3.06. The number of aryl methyl sites for hydroxylation is 3. The highest BCUT2D eigenvalue weighted by atomic mass is 19.1. The topological polar surface area (TPSA) is 50.9 Å². The highest BCUT2D eigenvalue weighted by molar-refractivity contribution is 5.80. The van der Waals surface area contributed by atoms with Gasteiger partial charge < -0.3 is 9.67 Å². The average molecular weight is 347 g/mol. The summed E-state index contributed by atoms with van der Waals surface area (Å²) in [7, 11) is 0. The maximum absolute atomic E-state index is 13.1. The van der Waals surface area contributed by atoms with E-state index in [-0.39, 0.29) is 11.6 Å². The Bertz CT molecular complexity index is 1070. The number of halogens is 1. The maximum Gasteiger partial charge on any atom is 0.159 e. The second-order valence-electron chi connectivity index (χ2n) is 6.31. The Hall–Kier alpha value is -3.21. The number of benzene rings is 2. The summed E-state index contributed by atoms with van der Waals surface area (Å²) in [4.78, 5) is 9.09. The van der Waals surface area contributed by atoms with Crippen LogP contribution in [0.2, 0.25) is 0 Å². The first-order valence-corrected chi connectivity index (χ1v) is 8.47. The molecule has 2 heterocycles. The minimum atomic E-state index is -0.230. The minimum Gasteiger partial charge on any atom is -0.506 e. The van der Waals surface area contributed by atoms with Crippen LogP contribution >= 0.6 is 0 Å². The summed E-state index contributed by atoms with van der Waals surface area (Å²) < 4.78 is 15.2. The Morgan fingerprint density at radius 1 is 1.08 bits per heavy atom. The minimum absolute atomic E-state index is 0.169. The van der Waals surface area contributed by atoms with Crippen molar-refractivity contribution in [3.63, 3.8) is 0 Å². The molecule has 0 radical (unpaired) electrons. The zero-order chi connectivity index (χ0) is 18.1. The average Bonchev–Trinajstić information content (AvgIpc) is 3.02. The number of aromatic nitrogens is 3. The van der Waals surface area contributed by atoms with Gasteiger partial charge in [0.2, 0.25) is 0 Å². The first-order valence-electron chi connectivity index (χ1n) is 8.47. The maximum atomic E-state index is 13.1. The summed E-state index contributed by atoms with van der Waals surface area (Å²) in [5.74, 6) is 0.699. The molecule has 4 nitrogen and oxygen atoms in total. The molecule has 5 heteroatoms. The van der Waals surface area contributed by atoms with Gasteiger partial charge in [0, 0.05) is 6.54 Å². The molecule has 130 valence electrons. The zero-order valence-corrected chi connectivity index (χ0v) is 14.4. The van der Waals surface area contributed by atoms with Crippen LogP contribution in [0.3, 0.4) is 0 Å². The molecule has 2 aromatic carbocycles. The molecule has 26 heavy (non-hydrogen) atoms. The van der Waals surface area contributed by atoms with Crippen molar-refractivity contribution in [1.29, 1.82) is 0 Å². The highest BCUT2D eigenvalue weighted by Gasteiger charge is 2.14. The summed E-state index contributed by atoms with van der Waals surface area (Å²) in [6, 6.07) is 16.3. The van der Waals surface area contributed by atoms with Crippen LogP contribution in [-0.2, 0) is 13.0 Å². The fourth-order valence-electron chi connectivity index (χ4n) is 3.06. The van der Waals surface area contributed by atoms with Crippen LogP contribution in [0, 0.1) is 12.7 Å². The number of hydrogen-bond acceptors (Lipinski definition) is 3. The van der Waals surface area contributed by atoms with Gasteiger partial charge in [-0.3, -0.25) is 0 Å². The van der Waals surface area contributed by atoms with Crippen molar-refractivity contribution < 1.29 is 9.50 Å². The first kappa shape index (κ1) is 16.3. The van der Waals surface area contributed by atoms with Gasteiger partial charge in [-0.05, 0) is 54.8 Å². The molecule has 4 aromatic rings. The standard InChI is InChI=1S/C21H18FN3O/c1-14-12-18(23-13-20(14)26)21-24-17-4-2-3-5-19(17)25(21)11-10-15-6-8-16(22)9-7-15/h2-9,12-13,26H,10-11H2,1H3. The highest BCUT2D eigenvalue weighted by Crippen LogP contribution is 2.26. The monoisotopic (exact) mass is 347 g/mol. The predicted octanol–water partition coefficient (Wildman–Crippen LogP) is 4.49. The Labute approximate surface area is 150 Å². The molecule has 0 bridgehead atoms. The number of aromatic hydroxyl groups is 1. The van der Waals surface area contributed by atoms with Crippen molar-refractivity contribution in [3.05, 3.63) is 77.7 Å². The van der Waals surface area contributed by atoms with Crippen LogP contribution in [0.25, 0.3) is 22.6 Å². The first-order chi connectivity index (χ1) is 12.6. The van der Waals surface area contributed by atoms with E-state index in [9.17, 15) is 9.50 Å². The lowest BCUT2D eigenvalue weighted by molar-refractivity contribution is 0.468. The van der Waals surface area contributed by atoms with E-state index in [2.05, 4.69) is 9.55 Å². The van der Waals surface area contributed by atoms with Gasteiger partial charge in [0.25, 0.3) is 0 Å². The third-order valence-electron chi connectivity index (χ3n) is 4.50. The molecule has 0 aliphatic carbocycles. The third-order valence-corrected chi connectivity index (χ3v) is 4.50. The molecule has 0 atom stereocenters. The summed E-state index contributed by atoms with van der Waals surface area (Å²) in [5, 5.41) is 9.75. The summed E-state index contributed by atoms with van der Waals surface area (Å²) >= 11 is 0. The van der Waals surface area contributed by atoms with Gasteiger partial charge >= 0.3 is 0 Å². The predicted molar refractivity (Wildman–Crippen MR) is 99.5 cm³/mol. The largest absolute Gasteiger partial charge is 0.506 e. The number of fused-ring (bicyclic) bond motifs is 1. The van der Waals surface area contributed by atoms with E-state index < -0.39 is 0 Å². The van der Waals surface area contributed by atoms with Gasteiger partial charge in [-0.2, -0.15) is 0 Å². The number of para-hydroxylation sites is 2. The number of pyridine rings is 1. The second kappa shape index (κ2) is 6.59. The summed E-state index contributed by atoms with van der Waals surface area (Å²) in [6.45, 7) is 2.54.